The lowest BCUT2D eigenvalue weighted by atomic mass is 9.93. The van der Waals surface area contributed by atoms with Crippen LogP contribution in [0.15, 0.2) is 66.7 Å². The van der Waals surface area contributed by atoms with Crippen molar-refractivity contribution in [1.82, 2.24) is 0 Å². The van der Waals surface area contributed by atoms with Gasteiger partial charge in [0.25, 0.3) is 0 Å². The van der Waals surface area contributed by atoms with Gasteiger partial charge in [0.2, 0.25) is 0 Å². The largest absolute Gasteiger partial charge is 0.481 e. The van der Waals surface area contributed by atoms with Crippen LogP contribution in [0.2, 0.25) is 10.0 Å². The summed E-state index contributed by atoms with van der Waals surface area (Å²) in [4.78, 5) is 36.0. The summed E-state index contributed by atoms with van der Waals surface area (Å²) in [6.07, 6.45) is 1.18. The molecule has 0 aliphatic heterocycles. The number of carbonyl (C=O) groups is 3. The number of aliphatic carboxylic acids is 1. The molecule has 3 aromatic carbocycles. The maximum Gasteiger partial charge on any atom is 0.323 e. The zero-order chi connectivity index (χ0) is 24.7. The first-order valence-corrected chi connectivity index (χ1v) is 11.5. The van der Waals surface area contributed by atoms with Crippen LogP contribution in [0.4, 0.5) is 16.2 Å². The lowest BCUT2D eigenvalue weighted by molar-refractivity contribution is -0.141. The molecule has 0 aliphatic carbocycles. The van der Waals surface area contributed by atoms with Crippen molar-refractivity contribution in [3.63, 3.8) is 0 Å². The van der Waals surface area contributed by atoms with Crippen molar-refractivity contribution >= 4 is 52.4 Å². The highest BCUT2D eigenvalue weighted by molar-refractivity contribution is 6.36. The first-order chi connectivity index (χ1) is 16.3. The lowest BCUT2D eigenvalue weighted by Gasteiger charge is -2.11. The number of hydrogen-bond acceptors (Lipinski definition) is 3. The fourth-order valence-electron chi connectivity index (χ4n) is 3.47. The lowest BCUT2D eigenvalue weighted by Crippen LogP contribution is -2.19. The Kier molecular flexibility index (Phi) is 8.68. The average molecular weight is 499 g/mol. The van der Waals surface area contributed by atoms with Crippen LogP contribution in [0.25, 0.3) is 11.1 Å². The van der Waals surface area contributed by atoms with Crippen LogP contribution < -0.4 is 10.6 Å². The Morgan fingerprint density at radius 2 is 1.50 bits per heavy atom. The Labute approximate surface area is 207 Å². The summed E-state index contributed by atoms with van der Waals surface area (Å²) in [5.41, 5.74) is 3.32. The molecule has 0 radical (unpaired) electrons. The predicted molar refractivity (Wildman–Crippen MR) is 136 cm³/mol. The first-order valence-electron chi connectivity index (χ1n) is 10.8. The normalized spacial score (nSPS) is 11.5. The average Bonchev–Trinajstić information content (AvgIpc) is 2.81. The monoisotopic (exact) mass is 498 g/mol. The highest BCUT2D eigenvalue weighted by Gasteiger charge is 2.21. The van der Waals surface area contributed by atoms with Crippen LogP contribution in [0.3, 0.4) is 0 Å². The van der Waals surface area contributed by atoms with Crippen LogP contribution in [0.5, 0.6) is 0 Å². The standard InChI is InChI=1S/C26H24Cl2N2O4/c1-2-3-19(25(32)33)14-24(31)18-6-4-16(5-7-18)17-8-11-21(12-9-17)29-26(34)30-23-13-10-20(27)15-22(23)28/h4-13,15,19H,2-3,14H2,1H3,(H,32,33)(H2,29,30,34). The topological polar surface area (TPSA) is 95.5 Å². The molecule has 3 rings (SSSR count). The van der Waals surface area contributed by atoms with E-state index in [1.165, 1.54) is 0 Å². The zero-order valence-corrected chi connectivity index (χ0v) is 20.0. The smallest absolute Gasteiger partial charge is 0.323 e. The molecule has 0 bridgehead atoms. The molecule has 0 saturated carbocycles. The Balaban J connectivity index is 1.61. The molecule has 3 aromatic rings. The van der Waals surface area contributed by atoms with Gasteiger partial charge in [0, 0.05) is 22.7 Å². The van der Waals surface area contributed by atoms with E-state index < -0.39 is 17.9 Å². The van der Waals surface area contributed by atoms with E-state index in [1.54, 1.807) is 42.5 Å². The minimum Gasteiger partial charge on any atom is -0.481 e. The number of amides is 2. The minimum absolute atomic E-state index is 0.00775. The second-order valence-corrected chi connectivity index (χ2v) is 8.65. The van der Waals surface area contributed by atoms with Gasteiger partial charge in [-0.05, 0) is 47.9 Å². The molecular weight excluding hydrogens is 475 g/mol. The molecule has 0 aliphatic rings. The molecule has 0 heterocycles. The van der Waals surface area contributed by atoms with E-state index in [9.17, 15) is 19.5 Å². The number of Topliss-reactive ketones (excluding diaryl/α,β-unsaturated/α-hetero) is 1. The number of ketones is 1. The van der Waals surface area contributed by atoms with Gasteiger partial charge in [-0.3, -0.25) is 9.59 Å². The van der Waals surface area contributed by atoms with E-state index in [1.807, 2.05) is 31.2 Å². The number of benzene rings is 3. The number of carboxylic acid groups (broad SMARTS) is 1. The summed E-state index contributed by atoms with van der Waals surface area (Å²) >= 11 is 11.9. The minimum atomic E-state index is -0.939. The van der Waals surface area contributed by atoms with E-state index >= 15 is 0 Å². The van der Waals surface area contributed by atoms with Crippen molar-refractivity contribution in [2.45, 2.75) is 26.2 Å². The molecule has 1 atom stereocenters. The summed E-state index contributed by atoms with van der Waals surface area (Å²) in [5.74, 6) is -1.78. The van der Waals surface area contributed by atoms with Crippen LogP contribution >= 0.6 is 23.2 Å². The third-order valence-corrected chi connectivity index (χ3v) is 5.83. The summed E-state index contributed by atoms with van der Waals surface area (Å²) in [6.45, 7) is 1.90. The molecule has 0 saturated heterocycles. The molecule has 34 heavy (non-hydrogen) atoms. The Morgan fingerprint density at radius 3 is 2.06 bits per heavy atom. The number of halogens is 2. The maximum atomic E-state index is 12.5. The third-order valence-electron chi connectivity index (χ3n) is 5.28. The summed E-state index contributed by atoms with van der Waals surface area (Å²) in [5, 5.41) is 15.5. The van der Waals surface area contributed by atoms with Crippen molar-refractivity contribution < 1.29 is 19.5 Å². The number of urea groups is 1. The first kappa shape index (κ1) is 25.3. The number of anilines is 2. The van der Waals surface area contributed by atoms with Gasteiger partial charge >= 0.3 is 12.0 Å². The molecule has 1 unspecified atom stereocenters. The highest BCUT2D eigenvalue weighted by atomic mass is 35.5. The van der Waals surface area contributed by atoms with Gasteiger partial charge in [0.15, 0.2) is 5.78 Å². The molecule has 176 valence electrons. The number of rotatable bonds is 9. The van der Waals surface area contributed by atoms with E-state index in [2.05, 4.69) is 10.6 Å². The van der Waals surface area contributed by atoms with Crippen LogP contribution in [-0.4, -0.2) is 22.9 Å². The summed E-state index contributed by atoms with van der Waals surface area (Å²) in [7, 11) is 0. The third kappa shape index (κ3) is 6.83. The maximum absolute atomic E-state index is 12.5. The fraction of sp³-hybridized carbons (Fsp3) is 0.192. The van der Waals surface area contributed by atoms with Crippen molar-refractivity contribution in [2.24, 2.45) is 5.92 Å². The molecule has 0 aromatic heterocycles. The van der Waals surface area contributed by atoms with Crippen molar-refractivity contribution in [1.29, 1.82) is 0 Å². The number of hydrogen-bond donors (Lipinski definition) is 3. The summed E-state index contributed by atoms with van der Waals surface area (Å²) < 4.78 is 0. The Hall–Kier alpha value is -3.35. The van der Waals surface area contributed by atoms with Gasteiger partial charge in [0.1, 0.15) is 0 Å². The Morgan fingerprint density at radius 1 is 0.882 bits per heavy atom. The molecule has 6 nitrogen and oxygen atoms in total. The van der Waals surface area contributed by atoms with Crippen LogP contribution in [0.1, 0.15) is 36.5 Å². The molecule has 8 heteroatoms. The Bertz CT molecular complexity index is 1180. The van der Waals surface area contributed by atoms with E-state index in [4.69, 9.17) is 23.2 Å². The summed E-state index contributed by atoms with van der Waals surface area (Å²) in [6, 6.07) is 18.6. The zero-order valence-electron chi connectivity index (χ0n) is 18.5. The van der Waals surface area contributed by atoms with Crippen LogP contribution in [-0.2, 0) is 4.79 Å². The van der Waals surface area contributed by atoms with Gasteiger partial charge in [-0.2, -0.15) is 0 Å². The van der Waals surface area contributed by atoms with Gasteiger partial charge in [-0.15, -0.1) is 0 Å². The number of carbonyl (C=O) groups excluding carboxylic acids is 2. The second-order valence-electron chi connectivity index (χ2n) is 7.81. The highest BCUT2D eigenvalue weighted by Crippen LogP contribution is 2.26. The molecular formula is C26H24Cl2N2O4. The van der Waals surface area contributed by atoms with Gasteiger partial charge < -0.3 is 15.7 Å². The van der Waals surface area contributed by atoms with Crippen molar-refractivity contribution in [2.75, 3.05) is 10.6 Å². The SMILES string of the molecule is CCCC(CC(=O)c1ccc(-c2ccc(NC(=O)Nc3ccc(Cl)cc3Cl)cc2)cc1)C(=O)O. The van der Waals surface area contributed by atoms with Crippen LogP contribution in [0, 0.1) is 5.92 Å². The fourth-order valence-corrected chi connectivity index (χ4v) is 3.93. The number of carboxylic acids is 1. The molecule has 2 amide bonds. The molecule has 3 N–H and O–H groups in total. The van der Waals surface area contributed by atoms with Gasteiger partial charge in [0.05, 0.1) is 16.6 Å². The quantitative estimate of drug-likeness (QED) is 0.268. The second kappa shape index (κ2) is 11.7. The molecule has 0 spiro atoms. The number of nitrogens with one attached hydrogen (secondary N) is 2. The van der Waals surface area contributed by atoms with Crippen molar-refractivity contribution in [3.8, 4) is 11.1 Å². The van der Waals surface area contributed by atoms with E-state index in [0.29, 0.717) is 39.8 Å². The van der Waals surface area contributed by atoms with E-state index in [-0.39, 0.29) is 12.2 Å². The van der Waals surface area contributed by atoms with Gasteiger partial charge in [-0.25, -0.2) is 4.79 Å². The van der Waals surface area contributed by atoms with E-state index in [0.717, 1.165) is 11.1 Å². The van der Waals surface area contributed by atoms with Crippen molar-refractivity contribution in [3.05, 3.63) is 82.3 Å². The predicted octanol–water partition coefficient (Wildman–Crippen LogP) is 7.38. The van der Waals surface area contributed by atoms with Gasteiger partial charge in [-0.1, -0.05) is 72.9 Å². The molecule has 0 fully saturated rings.